The Labute approximate surface area is 179 Å². The first-order valence-electron chi connectivity index (χ1n) is 11.1. The number of carbonyl (C=O) groups is 1. The van der Waals surface area contributed by atoms with Crippen molar-refractivity contribution in [2.24, 2.45) is 0 Å². The Hall–Kier alpha value is -3.00. The van der Waals surface area contributed by atoms with Gasteiger partial charge in [0.1, 0.15) is 16.8 Å². The lowest BCUT2D eigenvalue weighted by molar-refractivity contribution is 0.0855. The van der Waals surface area contributed by atoms with Gasteiger partial charge in [0.25, 0.3) is 11.5 Å². The van der Waals surface area contributed by atoms with Gasteiger partial charge in [-0.25, -0.2) is 4.98 Å². The van der Waals surface area contributed by atoms with Crippen molar-refractivity contribution in [1.82, 2.24) is 19.3 Å². The molecule has 3 aromatic heterocycles. The largest absolute Gasteiger partial charge is 0.376 e. The summed E-state index contributed by atoms with van der Waals surface area (Å²) in [5.41, 5.74) is 1.14. The minimum atomic E-state index is -0.343. The van der Waals surface area contributed by atoms with Crippen LogP contribution in [0.3, 0.4) is 0 Å². The van der Waals surface area contributed by atoms with Crippen LogP contribution in [0.25, 0.3) is 16.7 Å². The van der Waals surface area contributed by atoms with Crippen LogP contribution in [0.4, 0.5) is 0 Å². The normalized spacial score (nSPS) is 19.8. The minimum absolute atomic E-state index is 0.0142. The second-order valence-electron chi connectivity index (χ2n) is 8.50. The van der Waals surface area contributed by atoms with E-state index in [0.717, 1.165) is 45.1 Å². The second-order valence-corrected chi connectivity index (χ2v) is 8.50. The van der Waals surface area contributed by atoms with Gasteiger partial charge in [-0.2, -0.15) is 0 Å². The minimum Gasteiger partial charge on any atom is -0.376 e. The summed E-state index contributed by atoms with van der Waals surface area (Å²) in [6.07, 6.45) is 8.76. The quantitative estimate of drug-likeness (QED) is 0.632. The van der Waals surface area contributed by atoms with Crippen LogP contribution < -0.4 is 16.4 Å². The number of ether oxygens (including phenoxy) is 1. The van der Waals surface area contributed by atoms with Gasteiger partial charge < -0.3 is 14.6 Å². The summed E-state index contributed by atoms with van der Waals surface area (Å²) < 4.78 is 8.91. The van der Waals surface area contributed by atoms with E-state index < -0.39 is 0 Å². The van der Waals surface area contributed by atoms with Gasteiger partial charge in [-0.15, -0.1) is 0 Å². The molecule has 1 saturated carbocycles. The van der Waals surface area contributed by atoms with E-state index in [4.69, 9.17) is 15.1 Å². The van der Waals surface area contributed by atoms with Crippen molar-refractivity contribution in [3.8, 4) is 0 Å². The molecule has 4 heterocycles. The van der Waals surface area contributed by atoms with Crippen LogP contribution >= 0.6 is 0 Å². The van der Waals surface area contributed by atoms with E-state index in [1.165, 1.54) is 16.9 Å². The average molecular weight is 422 g/mol. The number of hydrogen-bond donors (Lipinski definition) is 2. The van der Waals surface area contributed by atoms with Crippen LogP contribution in [0.5, 0.6) is 0 Å². The number of nitrogens with zero attached hydrogens (tertiary/aromatic N) is 3. The molecule has 0 unspecified atom stereocenters. The lowest BCUT2D eigenvalue weighted by Gasteiger charge is -2.26. The average Bonchev–Trinajstić information content (AvgIpc) is 3.32. The summed E-state index contributed by atoms with van der Waals surface area (Å²) in [5, 5.41) is 12.2. The van der Waals surface area contributed by atoms with Crippen LogP contribution in [-0.4, -0.2) is 39.1 Å². The standard InChI is InChI=1S/C23H27N5O3/c24-20-17(22(29)25-14-16-9-6-12-31-16)13-18-21(28(20)15-7-2-1-3-8-15)26-19-10-4-5-11-27(19)23(18)30/h4-5,10-11,13,15-16,24H,1-3,6-9,12,14H2,(H,25,29)/t16-/m1/s1. The Bertz CT molecular complexity index is 1250. The highest BCUT2D eigenvalue weighted by atomic mass is 16.5. The smallest absolute Gasteiger partial charge is 0.267 e. The first kappa shape index (κ1) is 19.9. The Balaban J connectivity index is 1.66. The molecule has 8 nitrogen and oxygen atoms in total. The Morgan fingerprint density at radius 2 is 2.03 bits per heavy atom. The number of amides is 1. The fourth-order valence-corrected chi connectivity index (χ4v) is 4.82. The first-order chi connectivity index (χ1) is 15.1. The molecule has 1 aliphatic heterocycles. The lowest BCUT2D eigenvalue weighted by Crippen LogP contribution is -2.39. The molecule has 0 radical (unpaired) electrons. The molecule has 0 spiro atoms. The van der Waals surface area contributed by atoms with Crippen molar-refractivity contribution in [3.05, 3.63) is 51.9 Å². The molecule has 0 bridgehead atoms. The second kappa shape index (κ2) is 8.26. The van der Waals surface area contributed by atoms with Crippen molar-refractivity contribution in [2.75, 3.05) is 13.2 Å². The number of rotatable bonds is 4. The summed E-state index contributed by atoms with van der Waals surface area (Å²) in [6.45, 7) is 1.13. The maximum atomic E-state index is 13.3. The van der Waals surface area contributed by atoms with Crippen LogP contribution in [0.2, 0.25) is 0 Å². The molecule has 5 rings (SSSR count). The van der Waals surface area contributed by atoms with E-state index in [1.807, 2.05) is 10.6 Å². The third kappa shape index (κ3) is 3.65. The van der Waals surface area contributed by atoms with Crippen LogP contribution in [0.15, 0.2) is 35.3 Å². The van der Waals surface area contributed by atoms with Crippen LogP contribution in [0.1, 0.15) is 61.3 Å². The molecule has 2 aliphatic rings. The van der Waals surface area contributed by atoms with E-state index in [0.29, 0.717) is 23.2 Å². The summed E-state index contributed by atoms with van der Waals surface area (Å²) >= 11 is 0. The monoisotopic (exact) mass is 421 g/mol. The molecule has 1 amide bonds. The third-order valence-electron chi connectivity index (χ3n) is 6.46. The zero-order valence-corrected chi connectivity index (χ0v) is 17.5. The first-order valence-corrected chi connectivity index (χ1v) is 11.1. The van der Waals surface area contributed by atoms with Gasteiger partial charge >= 0.3 is 0 Å². The highest BCUT2D eigenvalue weighted by Crippen LogP contribution is 2.29. The van der Waals surface area contributed by atoms with Crippen molar-refractivity contribution < 1.29 is 9.53 Å². The molecule has 162 valence electrons. The summed E-state index contributed by atoms with van der Waals surface area (Å²) in [5.74, 6) is -0.343. The van der Waals surface area contributed by atoms with Crippen LogP contribution in [-0.2, 0) is 4.74 Å². The van der Waals surface area contributed by atoms with E-state index in [9.17, 15) is 9.59 Å². The molecule has 1 aliphatic carbocycles. The number of fused-ring (bicyclic) bond motifs is 2. The maximum absolute atomic E-state index is 13.3. The van der Waals surface area contributed by atoms with E-state index in [2.05, 4.69) is 5.32 Å². The van der Waals surface area contributed by atoms with E-state index >= 15 is 0 Å². The maximum Gasteiger partial charge on any atom is 0.267 e. The fraction of sp³-hybridized carbons (Fsp3) is 0.478. The summed E-state index contributed by atoms with van der Waals surface area (Å²) in [4.78, 5) is 31.1. The molecule has 8 heteroatoms. The topological polar surface area (TPSA) is 101 Å². The Morgan fingerprint density at radius 3 is 2.81 bits per heavy atom. The molecule has 3 aromatic rings. The van der Waals surface area contributed by atoms with Gasteiger partial charge in [0.2, 0.25) is 0 Å². The molecular formula is C23H27N5O3. The zero-order valence-electron chi connectivity index (χ0n) is 17.5. The van der Waals surface area contributed by atoms with Crippen molar-refractivity contribution >= 4 is 22.6 Å². The predicted molar refractivity (Wildman–Crippen MR) is 116 cm³/mol. The summed E-state index contributed by atoms with van der Waals surface area (Å²) in [7, 11) is 0. The highest BCUT2D eigenvalue weighted by molar-refractivity contribution is 5.96. The number of aromatic nitrogens is 3. The Kier molecular flexibility index (Phi) is 5.31. The SMILES string of the molecule is N=c1c(C(=O)NC[C@H]2CCCO2)cc2c(=O)n3ccccc3nc2n1C1CCCCC1. The molecule has 1 atom stereocenters. The molecule has 31 heavy (non-hydrogen) atoms. The molecule has 0 aromatic carbocycles. The third-order valence-corrected chi connectivity index (χ3v) is 6.46. The van der Waals surface area contributed by atoms with Gasteiger partial charge in [0.15, 0.2) is 0 Å². The van der Waals surface area contributed by atoms with Gasteiger partial charge in [-0.05, 0) is 43.9 Å². The number of pyridine rings is 2. The number of hydrogen-bond acceptors (Lipinski definition) is 5. The van der Waals surface area contributed by atoms with Gasteiger partial charge in [-0.3, -0.25) is 19.4 Å². The molecule has 1 saturated heterocycles. The van der Waals surface area contributed by atoms with Gasteiger partial charge in [-0.1, -0.05) is 25.3 Å². The zero-order chi connectivity index (χ0) is 21.4. The molecule has 2 N–H and O–H groups in total. The van der Waals surface area contributed by atoms with E-state index in [1.54, 1.807) is 18.3 Å². The fourth-order valence-electron chi connectivity index (χ4n) is 4.82. The van der Waals surface area contributed by atoms with Crippen molar-refractivity contribution in [2.45, 2.75) is 57.1 Å². The molecular weight excluding hydrogens is 394 g/mol. The number of nitrogens with one attached hydrogen (secondary N) is 2. The Morgan fingerprint density at radius 1 is 1.19 bits per heavy atom. The van der Waals surface area contributed by atoms with Crippen molar-refractivity contribution in [3.63, 3.8) is 0 Å². The van der Waals surface area contributed by atoms with Crippen molar-refractivity contribution in [1.29, 1.82) is 5.41 Å². The van der Waals surface area contributed by atoms with Gasteiger partial charge in [0, 0.05) is 25.4 Å². The van der Waals surface area contributed by atoms with E-state index in [-0.39, 0.29) is 34.7 Å². The highest BCUT2D eigenvalue weighted by Gasteiger charge is 2.24. The summed E-state index contributed by atoms with van der Waals surface area (Å²) in [6, 6.07) is 7.01. The van der Waals surface area contributed by atoms with Gasteiger partial charge in [0.05, 0.1) is 17.1 Å². The van der Waals surface area contributed by atoms with Crippen LogP contribution in [0, 0.1) is 5.41 Å². The lowest BCUT2D eigenvalue weighted by atomic mass is 9.94. The molecule has 2 fully saturated rings. The number of carbonyl (C=O) groups excluding carboxylic acids is 1. The predicted octanol–water partition coefficient (Wildman–Crippen LogP) is 2.54.